The van der Waals surface area contributed by atoms with Gasteiger partial charge in [-0.1, -0.05) is 0 Å². The molecule has 13 heavy (non-hydrogen) atoms. The van der Waals surface area contributed by atoms with Crippen molar-refractivity contribution in [3.8, 4) is 0 Å². The minimum Gasteiger partial charge on any atom is -0.373 e. The molecule has 1 aromatic rings. The van der Waals surface area contributed by atoms with E-state index in [1.165, 1.54) is 12.8 Å². The van der Waals surface area contributed by atoms with Gasteiger partial charge in [-0.25, -0.2) is 4.98 Å². The summed E-state index contributed by atoms with van der Waals surface area (Å²) in [7, 11) is 0. The highest BCUT2D eigenvalue weighted by atomic mass is 32.1. The first-order valence-corrected chi connectivity index (χ1v) is 5.51. The lowest BCUT2D eigenvalue weighted by atomic mass is 10.2. The van der Waals surface area contributed by atoms with Gasteiger partial charge in [0.05, 0.1) is 12.2 Å². The molecule has 72 valence electrons. The zero-order chi connectivity index (χ0) is 9.10. The van der Waals surface area contributed by atoms with Gasteiger partial charge in [-0.15, -0.1) is 11.3 Å². The molecule has 2 atom stereocenters. The van der Waals surface area contributed by atoms with Crippen LogP contribution in [0.4, 0.5) is 5.13 Å². The van der Waals surface area contributed by atoms with Crippen LogP contribution >= 0.6 is 11.3 Å². The fourth-order valence-electron chi connectivity index (χ4n) is 1.55. The highest BCUT2D eigenvalue weighted by Crippen LogP contribution is 2.20. The largest absolute Gasteiger partial charge is 0.373 e. The molecule has 1 aliphatic heterocycles. The molecule has 1 aliphatic rings. The summed E-state index contributed by atoms with van der Waals surface area (Å²) in [5.41, 5.74) is 0. The molecule has 1 fully saturated rings. The van der Waals surface area contributed by atoms with Gasteiger partial charge >= 0.3 is 0 Å². The van der Waals surface area contributed by atoms with Crippen LogP contribution in [0.25, 0.3) is 0 Å². The quantitative estimate of drug-likeness (QED) is 0.807. The third-order valence-corrected chi connectivity index (χ3v) is 2.96. The van der Waals surface area contributed by atoms with Crippen LogP contribution < -0.4 is 5.32 Å². The first-order chi connectivity index (χ1) is 6.34. The number of aromatic nitrogens is 1. The first kappa shape index (κ1) is 8.97. The van der Waals surface area contributed by atoms with Gasteiger partial charge in [-0.2, -0.15) is 0 Å². The molecule has 1 N–H and O–H groups in total. The molecule has 0 bridgehead atoms. The van der Waals surface area contributed by atoms with E-state index in [0.717, 1.165) is 11.7 Å². The van der Waals surface area contributed by atoms with Gasteiger partial charge in [-0.05, 0) is 19.8 Å². The first-order valence-electron chi connectivity index (χ1n) is 4.63. The van der Waals surface area contributed by atoms with E-state index in [1.807, 2.05) is 11.6 Å². The van der Waals surface area contributed by atoms with Crippen LogP contribution in [0.2, 0.25) is 0 Å². The Balaban J connectivity index is 1.74. The molecule has 0 spiro atoms. The van der Waals surface area contributed by atoms with Crippen LogP contribution in [0.5, 0.6) is 0 Å². The van der Waals surface area contributed by atoms with E-state index in [9.17, 15) is 0 Å². The SMILES string of the molecule is CC1CCC(CNc2nccs2)O1. The van der Waals surface area contributed by atoms with Crippen molar-refractivity contribution >= 4 is 16.5 Å². The number of hydrogen-bond donors (Lipinski definition) is 1. The highest BCUT2D eigenvalue weighted by molar-refractivity contribution is 7.13. The molecule has 1 aromatic heterocycles. The number of rotatable bonds is 3. The number of ether oxygens (including phenoxy) is 1. The van der Waals surface area contributed by atoms with Crippen LogP contribution in [0, 0.1) is 0 Å². The number of nitrogens with zero attached hydrogens (tertiary/aromatic N) is 1. The van der Waals surface area contributed by atoms with E-state index in [-0.39, 0.29) is 0 Å². The Hall–Kier alpha value is -0.610. The fraction of sp³-hybridized carbons (Fsp3) is 0.667. The molecule has 0 saturated carbocycles. The summed E-state index contributed by atoms with van der Waals surface area (Å²) in [4.78, 5) is 4.15. The Bertz CT molecular complexity index is 250. The van der Waals surface area contributed by atoms with Crippen molar-refractivity contribution in [1.82, 2.24) is 4.98 Å². The smallest absolute Gasteiger partial charge is 0.182 e. The third kappa shape index (κ3) is 2.42. The molecule has 3 nitrogen and oxygen atoms in total. The molecule has 0 aromatic carbocycles. The predicted molar refractivity (Wildman–Crippen MR) is 54.2 cm³/mol. The number of nitrogens with one attached hydrogen (secondary N) is 1. The molecule has 0 radical (unpaired) electrons. The Morgan fingerprint density at radius 3 is 3.23 bits per heavy atom. The Labute approximate surface area is 82.1 Å². The maximum atomic E-state index is 5.67. The molecular formula is C9H14N2OS. The van der Waals surface area contributed by atoms with Gasteiger partial charge in [0.25, 0.3) is 0 Å². The lowest BCUT2D eigenvalue weighted by molar-refractivity contribution is 0.0637. The average molecular weight is 198 g/mol. The van der Waals surface area contributed by atoms with Crippen molar-refractivity contribution in [2.75, 3.05) is 11.9 Å². The molecule has 1 saturated heterocycles. The summed E-state index contributed by atoms with van der Waals surface area (Å²) in [6.07, 6.45) is 4.97. The summed E-state index contributed by atoms with van der Waals surface area (Å²) >= 11 is 1.63. The van der Waals surface area contributed by atoms with E-state index in [1.54, 1.807) is 11.3 Å². The second-order valence-electron chi connectivity index (χ2n) is 3.36. The van der Waals surface area contributed by atoms with E-state index in [4.69, 9.17) is 4.74 Å². The molecule has 2 rings (SSSR count). The Kier molecular flexibility index (Phi) is 2.80. The van der Waals surface area contributed by atoms with E-state index < -0.39 is 0 Å². The maximum Gasteiger partial charge on any atom is 0.182 e. The van der Waals surface area contributed by atoms with Gasteiger partial charge in [0, 0.05) is 18.1 Å². The lowest BCUT2D eigenvalue weighted by Gasteiger charge is -2.10. The topological polar surface area (TPSA) is 34.2 Å². The van der Waals surface area contributed by atoms with E-state index in [0.29, 0.717) is 12.2 Å². The lowest BCUT2D eigenvalue weighted by Crippen LogP contribution is -2.19. The minimum atomic E-state index is 0.374. The van der Waals surface area contributed by atoms with E-state index >= 15 is 0 Å². The van der Waals surface area contributed by atoms with Crippen LogP contribution in [-0.2, 0) is 4.74 Å². The van der Waals surface area contributed by atoms with Crippen molar-refractivity contribution in [2.24, 2.45) is 0 Å². The number of thiazole rings is 1. The molecule has 2 heterocycles. The second kappa shape index (κ2) is 4.07. The van der Waals surface area contributed by atoms with Crippen LogP contribution in [0.15, 0.2) is 11.6 Å². The van der Waals surface area contributed by atoms with Crippen LogP contribution in [0.1, 0.15) is 19.8 Å². The van der Waals surface area contributed by atoms with Crippen molar-refractivity contribution in [1.29, 1.82) is 0 Å². The van der Waals surface area contributed by atoms with Crippen LogP contribution in [0.3, 0.4) is 0 Å². The van der Waals surface area contributed by atoms with Crippen molar-refractivity contribution < 1.29 is 4.74 Å². The third-order valence-electron chi connectivity index (χ3n) is 2.23. The van der Waals surface area contributed by atoms with Crippen molar-refractivity contribution in [2.45, 2.75) is 32.0 Å². The second-order valence-corrected chi connectivity index (χ2v) is 4.26. The summed E-state index contributed by atoms with van der Waals surface area (Å²) in [6, 6.07) is 0. The zero-order valence-corrected chi connectivity index (χ0v) is 8.51. The summed E-state index contributed by atoms with van der Waals surface area (Å²) in [5, 5.41) is 6.23. The standard InChI is InChI=1S/C9H14N2OS/c1-7-2-3-8(12-7)6-11-9-10-4-5-13-9/h4-5,7-8H,2-3,6H2,1H3,(H,10,11). The molecule has 0 aliphatic carbocycles. The molecule has 0 amide bonds. The number of hydrogen-bond acceptors (Lipinski definition) is 4. The van der Waals surface area contributed by atoms with E-state index in [2.05, 4.69) is 17.2 Å². The maximum absolute atomic E-state index is 5.67. The van der Waals surface area contributed by atoms with Gasteiger partial charge in [0.2, 0.25) is 0 Å². The monoisotopic (exact) mass is 198 g/mol. The Morgan fingerprint density at radius 1 is 1.69 bits per heavy atom. The molecular weight excluding hydrogens is 184 g/mol. The minimum absolute atomic E-state index is 0.374. The predicted octanol–water partition coefficient (Wildman–Crippen LogP) is 2.12. The molecule has 4 heteroatoms. The Morgan fingerprint density at radius 2 is 2.62 bits per heavy atom. The van der Waals surface area contributed by atoms with Gasteiger partial charge in [0.1, 0.15) is 0 Å². The van der Waals surface area contributed by atoms with Gasteiger partial charge < -0.3 is 10.1 Å². The highest BCUT2D eigenvalue weighted by Gasteiger charge is 2.21. The fourth-order valence-corrected chi connectivity index (χ4v) is 2.09. The van der Waals surface area contributed by atoms with Gasteiger partial charge in [-0.3, -0.25) is 0 Å². The summed E-state index contributed by atoms with van der Waals surface area (Å²) in [5.74, 6) is 0. The number of anilines is 1. The van der Waals surface area contributed by atoms with Crippen molar-refractivity contribution in [3.63, 3.8) is 0 Å². The van der Waals surface area contributed by atoms with Gasteiger partial charge in [0.15, 0.2) is 5.13 Å². The summed E-state index contributed by atoms with van der Waals surface area (Å²) < 4.78 is 5.67. The van der Waals surface area contributed by atoms with Crippen molar-refractivity contribution in [3.05, 3.63) is 11.6 Å². The van der Waals surface area contributed by atoms with Crippen LogP contribution in [-0.4, -0.2) is 23.7 Å². The average Bonchev–Trinajstić information content (AvgIpc) is 2.71. The zero-order valence-electron chi connectivity index (χ0n) is 7.69. The summed E-state index contributed by atoms with van der Waals surface area (Å²) in [6.45, 7) is 3.02. The molecule has 2 unspecified atom stereocenters. The normalized spacial score (nSPS) is 27.8.